The highest BCUT2D eigenvalue weighted by Gasteiger charge is 2.12. The van der Waals surface area contributed by atoms with Crippen LogP contribution in [0.25, 0.3) is 11.0 Å². The number of halogens is 1. The lowest BCUT2D eigenvalue weighted by Crippen LogP contribution is -2.12. The van der Waals surface area contributed by atoms with Crippen molar-refractivity contribution in [1.82, 2.24) is 19.5 Å². The molecular formula is C21H22FN7O3S. The smallest absolute Gasteiger partial charge is 0.238 e. The Balaban J connectivity index is 1.58. The van der Waals surface area contributed by atoms with Crippen LogP contribution in [0.2, 0.25) is 0 Å². The number of aryl methyl sites for hydroxylation is 2. The van der Waals surface area contributed by atoms with E-state index in [0.717, 1.165) is 23.1 Å². The van der Waals surface area contributed by atoms with Crippen molar-refractivity contribution >= 4 is 44.2 Å². The summed E-state index contributed by atoms with van der Waals surface area (Å²) in [6.07, 6.45) is 1.63. The number of imidazole rings is 1. The lowest BCUT2D eigenvalue weighted by Gasteiger charge is -2.10. The third-order valence-electron chi connectivity index (χ3n) is 4.90. The van der Waals surface area contributed by atoms with Crippen LogP contribution >= 0.6 is 0 Å². The van der Waals surface area contributed by atoms with E-state index in [9.17, 15) is 12.8 Å². The first-order valence-corrected chi connectivity index (χ1v) is 11.6. The van der Waals surface area contributed by atoms with Gasteiger partial charge >= 0.3 is 0 Å². The van der Waals surface area contributed by atoms with Gasteiger partial charge in [0, 0.05) is 24.5 Å². The minimum absolute atomic E-state index is 0.0640. The number of aromatic nitrogens is 4. The fraction of sp³-hybridized carbons (Fsp3) is 0.190. The fourth-order valence-electron chi connectivity index (χ4n) is 3.37. The van der Waals surface area contributed by atoms with E-state index in [1.165, 1.54) is 18.2 Å². The van der Waals surface area contributed by atoms with Gasteiger partial charge in [-0.1, -0.05) is 6.07 Å². The summed E-state index contributed by atoms with van der Waals surface area (Å²) in [5, 5.41) is 20.0. The molecule has 4 aromatic rings. The Morgan fingerprint density at radius 2 is 1.91 bits per heavy atom. The molecule has 0 radical (unpaired) electrons. The maximum Gasteiger partial charge on any atom is 0.238 e. The average molecular weight is 472 g/mol. The van der Waals surface area contributed by atoms with Gasteiger partial charge in [0.15, 0.2) is 11.6 Å². The van der Waals surface area contributed by atoms with Crippen LogP contribution in [0.3, 0.4) is 0 Å². The molecule has 172 valence electrons. The summed E-state index contributed by atoms with van der Waals surface area (Å²) in [6, 6.07) is 11.2. The van der Waals surface area contributed by atoms with Gasteiger partial charge < -0.3 is 20.3 Å². The van der Waals surface area contributed by atoms with Gasteiger partial charge in [0.1, 0.15) is 5.82 Å². The Kier molecular flexibility index (Phi) is 6.22. The van der Waals surface area contributed by atoms with E-state index in [-0.39, 0.29) is 23.3 Å². The molecule has 10 nitrogen and oxygen atoms in total. The van der Waals surface area contributed by atoms with Gasteiger partial charge in [-0.25, -0.2) is 27.9 Å². The van der Waals surface area contributed by atoms with Gasteiger partial charge in [-0.05, 0) is 49.7 Å². The van der Waals surface area contributed by atoms with Gasteiger partial charge in [0.25, 0.3) is 0 Å². The summed E-state index contributed by atoms with van der Waals surface area (Å²) in [4.78, 5) is 12.5. The number of sulfonamides is 1. The zero-order valence-electron chi connectivity index (χ0n) is 17.7. The van der Waals surface area contributed by atoms with Gasteiger partial charge in [-0.2, -0.15) is 4.98 Å². The van der Waals surface area contributed by atoms with Crippen molar-refractivity contribution < 1.29 is 17.9 Å². The molecule has 5 N–H and O–H groups in total. The van der Waals surface area contributed by atoms with Crippen molar-refractivity contribution in [1.29, 1.82) is 0 Å². The number of nitrogens with zero attached hydrogens (tertiary/aromatic N) is 4. The van der Waals surface area contributed by atoms with Gasteiger partial charge in [-0.3, -0.25) is 0 Å². The Bertz CT molecular complexity index is 1420. The molecular weight excluding hydrogens is 449 g/mol. The van der Waals surface area contributed by atoms with Gasteiger partial charge in [0.2, 0.25) is 16.0 Å². The van der Waals surface area contributed by atoms with Crippen LogP contribution in [0.1, 0.15) is 12.2 Å². The zero-order valence-corrected chi connectivity index (χ0v) is 18.5. The van der Waals surface area contributed by atoms with Crippen LogP contribution in [0.5, 0.6) is 0 Å². The monoisotopic (exact) mass is 471 g/mol. The Morgan fingerprint density at radius 1 is 1.12 bits per heavy atom. The predicted octanol–water partition coefficient (Wildman–Crippen LogP) is 2.79. The third kappa shape index (κ3) is 5.08. The van der Waals surface area contributed by atoms with Crippen LogP contribution in [0, 0.1) is 12.7 Å². The van der Waals surface area contributed by atoms with Crippen LogP contribution in [-0.2, 0) is 16.6 Å². The number of hydrogen-bond acceptors (Lipinski definition) is 8. The minimum Gasteiger partial charge on any atom is -0.396 e. The molecule has 0 amide bonds. The number of nitrogens with two attached hydrogens (primary N) is 1. The molecule has 0 spiro atoms. The first kappa shape index (κ1) is 22.6. The van der Waals surface area contributed by atoms with E-state index in [0.29, 0.717) is 24.3 Å². The number of aliphatic hydroxyl groups excluding tert-OH is 1. The van der Waals surface area contributed by atoms with Crippen LogP contribution in [-0.4, -0.2) is 39.7 Å². The van der Waals surface area contributed by atoms with Gasteiger partial charge in [-0.15, -0.1) is 0 Å². The van der Waals surface area contributed by atoms with Crippen LogP contribution in [0.4, 0.5) is 27.5 Å². The highest BCUT2D eigenvalue weighted by molar-refractivity contribution is 7.89. The predicted molar refractivity (Wildman–Crippen MR) is 123 cm³/mol. The molecule has 0 fully saturated rings. The van der Waals surface area contributed by atoms with Crippen molar-refractivity contribution in [3.63, 3.8) is 0 Å². The number of rotatable bonds is 8. The number of primary sulfonamides is 1. The second kappa shape index (κ2) is 9.10. The molecule has 0 bridgehead atoms. The van der Waals surface area contributed by atoms with E-state index in [4.69, 9.17) is 10.2 Å². The number of anilines is 4. The molecule has 2 aromatic heterocycles. The third-order valence-corrected chi connectivity index (χ3v) is 5.82. The lowest BCUT2D eigenvalue weighted by atomic mass is 10.2. The Morgan fingerprint density at radius 3 is 2.67 bits per heavy atom. The number of nitrogens with one attached hydrogen (secondary N) is 2. The number of hydrogen-bond donors (Lipinski definition) is 4. The molecule has 0 saturated heterocycles. The first-order valence-electron chi connectivity index (χ1n) is 10.0. The van der Waals surface area contributed by atoms with E-state index >= 15 is 0 Å². The van der Waals surface area contributed by atoms with Crippen molar-refractivity contribution in [3.05, 3.63) is 60.3 Å². The maximum absolute atomic E-state index is 14.4. The second-order valence-corrected chi connectivity index (χ2v) is 8.87. The second-order valence-electron chi connectivity index (χ2n) is 7.30. The number of benzene rings is 2. The Hall–Kier alpha value is -3.61. The highest BCUT2D eigenvalue weighted by Crippen LogP contribution is 2.25. The van der Waals surface area contributed by atoms with Crippen molar-refractivity contribution in [2.75, 3.05) is 17.2 Å². The molecule has 2 heterocycles. The number of fused-ring (bicyclic) bond motifs is 1. The van der Waals surface area contributed by atoms with Crippen LogP contribution in [0.15, 0.2) is 53.6 Å². The van der Waals surface area contributed by atoms with Gasteiger partial charge in [0.05, 0.1) is 22.1 Å². The molecule has 12 heteroatoms. The summed E-state index contributed by atoms with van der Waals surface area (Å²) in [5.74, 6) is 0.155. The first-order chi connectivity index (χ1) is 15.7. The van der Waals surface area contributed by atoms with E-state index in [2.05, 4.69) is 25.6 Å². The summed E-state index contributed by atoms with van der Waals surface area (Å²) in [7, 11) is -3.87. The molecule has 2 aromatic carbocycles. The maximum atomic E-state index is 14.4. The summed E-state index contributed by atoms with van der Waals surface area (Å²) < 4.78 is 39.5. The number of aliphatic hydroxyl groups is 1. The quantitative estimate of drug-likeness (QED) is 0.307. The zero-order chi connectivity index (χ0) is 23.6. The topological polar surface area (TPSA) is 148 Å². The largest absolute Gasteiger partial charge is 0.396 e. The molecule has 0 aliphatic carbocycles. The van der Waals surface area contributed by atoms with Crippen molar-refractivity contribution in [3.8, 4) is 0 Å². The van der Waals surface area contributed by atoms with E-state index < -0.39 is 15.8 Å². The lowest BCUT2D eigenvalue weighted by molar-refractivity contribution is 0.280. The fourth-order valence-corrected chi connectivity index (χ4v) is 3.93. The molecule has 33 heavy (non-hydrogen) atoms. The summed E-state index contributed by atoms with van der Waals surface area (Å²) >= 11 is 0. The molecule has 0 aliphatic heterocycles. The summed E-state index contributed by atoms with van der Waals surface area (Å²) in [6.45, 7) is 2.62. The molecule has 4 rings (SSSR count). The highest BCUT2D eigenvalue weighted by atomic mass is 32.2. The van der Waals surface area contributed by atoms with E-state index in [1.54, 1.807) is 18.2 Å². The molecule has 0 saturated carbocycles. The standard InChI is InChI=1S/C21H22FN7O3S/c1-13-25-18-11-15(6-7-19(18)29(13)8-3-9-30)26-20-17(22)12-24-21(28-20)27-14-4-2-5-16(10-14)33(23,31)32/h2,4-7,10-12,30H,3,8-9H2,1H3,(H2,23,31,32)(H2,24,26,27,28). The average Bonchev–Trinajstić information content (AvgIpc) is 3.08. The summed E-state index contributed by atoms with van der Waals surface area (Å²) in [5.41, 5.74) is 2.59. The molecule has 0 atom stereocenters. The SMILES string of the molecule is Cc1nc2cc(Nc3nc(Nc4cccc(S(N)(=O)=O)c4)ncc3F)ccc2n1CCCO. The minimum atomic E-state index is -3.87. The van der Waals surface area contributed by atoms with Crippen molar-refractivity contribution in [2.24, 2.45) is 5.14 Å². The Labute approximate surface area is 189 Å². The van der Waals surface area contributed by atoms with E-state index in [1.807, 2.05) is 17.6 Å². The van der Waals surface area contributed by atoms with Crippen LogP contribution < -0.4 is 15.8 Å². The molecule has 0 aliphatic rings. The normalized spacial score (nSPS) is 11.6. The molecule has 0 unspecified atom stereocenters. The van der Waals surface area contributed by atoms with Crippen molar-refractivity contribution in [2.45, 2.75) is 24.8 Å².